The molecule has 2 unspecified atom stereocenters. The van der Waals surface area contributed by atoms with E-state index in [9.17, 15) is 15.3 Å². The first-order chi connectivity index (χ1) is 13.4. The SMILES string of the molecule is CN(C(O)C1CC1)[C@@H]1Cc2ccc(O)c3c2C2[C@@H](O3)C3(CC[C@]21O)OCCO3. The van der Waals surface area contributed by atoms with Crippen molar-refractivity contribution in [1.29, 1.82) is 0 Å². The number of ether oxygens (including phenoxy) is 3. The number of rotatable bonds is 3. The van der Waals surface area contributed by atoms with Gasteiger partial charge in [0, 0.05) is 18.0 Å². The highest BCUT2D eigenvalue weighted by molar-refractivity contribution is 5.59. The molecule has 28 heavy (non-hydrogen) atoms. The molecule has 3 N–H and O–H groups in total. The topological polar surface area (TPSA) is 91.6 Å². The van der Waals surface area contributed by atoms with Gasteiger partial charge in [0.25, 0.3) is 0 Å². The van der Waals surface area contributed by atoms with Gasteiger partial charge in [0.15, 0.2) is 17.6 Å². The average Bonchev–Trinajstić information content (AvgIpc) is 3.27. The van der Waals surface area contributed by atoms with Gasteiger partial charge in [0.2, 0.25) is 5.79 Å². The van der Waals surface area contributed by atoms with Crippen LogP contribution in [0.4, 0.5) is 0 Å². The first-order valence-corrected chi connectivity index (χ1v) is 10.4. The maximum Gasteiger partial charge on any atom is 0.206 e. The van der Waals surface area contributed by atoms with E-state index in [4.69, 9.17) is 14.2 Å². The summed E-state index contributed by atoms with van der Waals surface area (Å²) in [5.41, 5.74) is 0.859. The molecule has 2 heterocycles. The Morgan fingerprint density at radius 2 is 1.93 bits per heavy atom. The minimum Gasteiger partial charge on any atom is -0.504 e. The number of aliphatic hydroxyl groups is 2. The highest BCUT2D eigenvalue weighted by atomic mass is 16.8. The zero-order chi connectivity index (χ0) is 19.3. The van der Waals surface area contributed by atoms with Crippen molar-refractivity contribution in [1.82, 2.24) is 4.90 Å². The number of nitrogens with zero attached hydrogens (tertiary/aromatic N) is 1. The van der Waals surface area contributed by atoms with Crippen molar-refractivity contribution in [2.75, 3.05) is 20.3 Å². The highest BCUT2D eigenvalue weighted by Crippen LogP contribution is 2.62. The Labute approximate surface area is 163 Å². The molecule has 1 aromatic rings. The summed E-state index contributed by atoms with van der Waals surface area (Å²) in [5.74, 6) is -0.403. The number of aromatic hydroxyl groups is 1. The van der Waals surface area contributed by atoms with E-state index in [1.165, 1.54) is 0 Å². The summed E-state index contributed by atoms with van der Waals surface area (Å²) >= 11 is 0. The molecule has 2 aliphatic heterocycles. The van der Waals surface area contributed by atoms with E-state index in [0.717, 1.165) is 24.0 Å². The molecule has 1 saturated heterocycles. The van der Waals surface area contributed by atoms with Crippen LogP contribution in [0.3, 0.4) is 0 Å². The second-order valence-electron chi connectivity index (χ2n) is 9.14. The van der Waals surface area contributed by atoms with Crippen molar-refractivity contribution in [2.24, 2.45) is 5.92 Å². The Morgan fingerprint density at radius 3 is 2.64 bits per heavy atom. The van der Waals surface area contributed by atoms with E-state index in [1.54, 1.807) is 6.07 Å². The molecule has 152 valence electrons. The van der Waals surface area contributed by atoms with Crippen molar-refractivity contribution in [3.05, 3.63) is 23.3 Å². The first kappa shape index (κ1) is 17.5. The molecule has 5 atom stereocenters. The Balaban J connectivity index is 1.48. The van der Waals surface area contributed by atoms with Crippen molar-refractivity contribution < 1.29 is 29.5 Å². The third-order valence-electron chi connectivity index (χ3n) is 7.69. The summed E-state index contributed by atoms with van der Waals surface area (Å²) in [7, 11) is 1.91. The summed E-state index contributed by atoms with van der Waals surface area (Å²) in [6, 6.07) is 3.34. The van der Waals surface area contributed by atoms with E-state index in [0.29, 0.717) is 38.2 Å². The number of phenolic OH excluding ortho intramolecular Hbond substituents is 1. The lowest BCUT2D eigenvalue weighted by molar-refractivity contribution is -0.265. The molecule has 7 nitrogen and oxygen atoms in total. The maximum atomic E-state index is 12.0. The van der Waals surface area contributed by atoms with E-state index >= 15 is 0 Å². The van der Waals surface area contributed by atoms with Crippen LogP contribution in [-0.2, 0) is 15.9 Å². The monoisotopic (exact) mass is 389 g/mol. The fourth-order valence-electron chi connectivity index (χ4n) is 6.09. The predicted octanol–water partition coefficient (Wildman–Crippen LogP) is 1.09. The number of aliphatic hydroxyl groups excluding tert-OH is 1. The maximum absolute atomic E-state index is 12.0. The van der Waals surface area contributed by atoms with Crippen LogP contribution in [0.15, 0.2) is 12.1 Å². The normalized spacial score (nSPS) is 38.5. The molecule has 7 heteroatoms. The third-order valence-corrected chi connectivity index (χ3v) is 7.69. The Kier molecular flexibility index (Phi) is 3.50. The number of benzene rings is 1. The van der Waals surface area contributed by atoms with Gasteiger partial charge in [-0.05, 0) is 50.3 Å². The second-order valence-corrected chi connectivity index (χ2v) is 9.14. The number of fused-ring (bicyclic) bond motifs is 1. The van der Waals surface area contributed by atoms with Gasteiger partial charge in [-0.1, -0.05) is 6.07 Å². The molecule has 0 amide bonds. The lowest BCUT2D eigenvalue weighted by Crippen LogP contribution is -2.68. The Morgan fingerprint density at radius 1 is 1.18 bits per heavy atom. The van der Waals surface area contributed by atoms with Crippen LogP contribution >= 0.6 is 0 Å². The first-order valence-electron chi connectivity index (χ1n) is 10.4. The van der Waals surface area contributed by atoms with Gasteiger partial charge in [-0.15, -0.1) is 0 Å². The molecule has 0 aromatic heterocycles. The molecular formula is C21H27NO6. The van der Waals surface area contributed by atoms with Crippen molar-refractivity contribution >= 4 is 0 Å². The molecular weight excluding hydrogens is 362 g/mol. The molecule has 0 bridgehead atoms. The number of hydrogen-bond acceptors (Lipinski definition) is 7. The molecule has 6 rings (SSSR count). The van der Waals surface area contributed by atoms with Crippen LogP contribution in [0, 0.1) is 5.92 Å². The quantitative estimate of drug-likeness (QED) is 0.667. The van der Waals surface area contributed by atoms with Crippen molar-refractivity contribution in [2.45, 2.75) is 67.8 Å². The molecule has 3 fully saturated rings. The molecule has 3 aliphatic carbocycles. The smallest absolute Gasteiger partial charge is 0.206 e. The molecule has 0 radical (unpaired) electrons. The van der Waals surface area contributed by atoms with Gasteiger partial charge in [0.05, 0.1) is 24.7 Å². The van der Waals surface area contributed by atoms with Crippen LogP contribution in [0.1, 0.15) is 42.7 Å². The fraction of sp³-hybridized carbons (Fsp3) is 0.714. The summed E-state index contributed by atoms with van der Waals surface area (Å²) in [5, 5.41) is 33.3. The largest absolute Gasteiger partial charge is 0.504 e. The van der Waals surface area contributed by atoms with Gasteiger partial charge < -0.3 is 29.5 Å². The van der Waals surface area contributed by atoms with Crippen LogP contribution in [0.5, 0.6) is 11.5 Å². The van der Waals surface area contributed by atoms with Crippen LogP contribution in [0.2, 0.25) is 0 Å². The highest BCUT2D eigenvalue weighted by Gasteiger charge is 2.68. The van der Waals surface area contributed by atoms with E-state index in [2.05, 4.69) is 0 Å². The fourth-order valence-corrected chi connectivity index (χ4v) is 6.09. The third kappa shape index (κ3) is 2.11. The minimum absolute atomic E-state index is 0.0912. The van der Waals surface area contributed by atoms with Gasteiger partial charge in [-0.2, -0.15) is 0 Å². The summed E-state index contributed by atoms with van der Waals surface area (Å²) < 4.78 is 18.3. The van der Waals surface area contributed by atoms with Crippen LogP contribution in [0.25, 0.3) is 0 Å². The van der Waals surface area contributed by atoms with Gasteiger partial charge in [-0.25, -0.2) is 0 Å². The van der Waals surface area contributed by atoms with Gasteiger partial charge >= 0.3 is 0 Å². The lowest BCUT2D eigenvalue weighted by atomic mass is 9.60. The van der Waals surface area contributed by atoms with Gasteiger partial charge in [0.1, 0.15) is 6.23 Å². The zero-order valence-corrected chi connectivity index (χ0v) is 16.0. The Hall–Kier alpha value is -1.38. The lowest BCUT2D eigenvalue weighted by Gasteiger charge is -2.55. The van der Waals surface area contributed by atoms with Crippen molar-refractivity contribution in [3.63, 3.8) is 0 Å². The van der Waals surface area contributed by atoms with Crippen LogP contribution < -0.4 is 4.74 Å². The molecule has 5 aliphatic rings. The summed E-state index contributed by atoms with van der Waals surface area (Å²) in [4.78, 5) is 1.96. The average molecular weight is 389 g/mol. The zero-order valence-electron chi connectivity index (χ0n) is 16.0. The predicted molar refractivity (Wildman–Crippen MR) is 98.1 cm³/mol. The number of likely N-dealkylation sites (N-methyl/N-ethyl adjacent to an activating group) is 1. The van der Waals surface area contributed by atoms with E-state index in [-0.39, 0.29) is 23.6 Å². The minimum atomic E-state index is -1.08. The molecule has 1 aromatic carbocycles. The summed E-state index contributed by atoms with van der Waals surface area (Å²) in [6.07, 6.45) is 2.64. The summed E-state index contributed by atoms with van der Waals surface area (Å²) in [6.45, 7) is 1.01. The van der Waals surface area contributed by atoms with Gasteiger partial charge in [-0.3, -0.25) is 4.90 Å². The van der Waals surface area contributed by atoms with E-state index < -0.39 is 23.7 Å². The Bertz CT molecular complexity index is 819. The molecule has 1 spiro atoms. The van der Waals surface area contributed by atoms with Crippen molar-refractivity contribution in [3.8, 4) is 11.5 Å². The van der Waals surface area contributed by atoms with Crippen LogP contribution in [-0.4, -0.2) is 70.2 Å². The number of hydrogen-bond donors (Lipinski definition) is 3. The number of phenols is 1. The standard InChI is InChI=1S/C21H27NO6/c1-22(19(24)11-2-3-11)14-10-12-4-5-13(23)17-15(12)16-18(28-17)21(26-8-9-27-21)7-6-20(14,16)25/h4-5,11,14,16,18-19,23-25H,2-3,6-10H2,1H3/t14-,16?,18-,19?,20-/m1/s1. The second kappa shape index (κ2) is 5.61. The molecule has 2 saturated carbocycles. The van der Waals surface area contributed by atoms with E-state index in [1.807, 2.05) is 18.0 Å².